The molecule has 0 aliphatic rings. The molecule has 0 saturated heterocycles. The van der Waals surface area contributed by atoms with Crippen LogP contribution in [0.3, 0.4) is 0 Å². The summed E-state index contributed by atoms with van der Waals surface area (Å²) >= 11 is 1.06. The van der Waals surface area contributed by atoms with E-state index in [0.717, 1.165) is 29.1 Å². The average Bonchev–Trinajstić information content (AvgIpc) is 2.52. The molecule has 0 spiro atoms. The summed E-state index contributed by atoms with van der Waals surface area (Å²) in [5.41, 5.74) is 0.511. The van der Waals surface area contributed by atoms with Gasteiger partial charge in [-0.15, -0.1) is 0 Å². The number of carbonyl (C=O) groups excluding carboxylic acids is 1. The van der Waals surface area contributed by atoms with E-state index in [4.69, 9.17) is 8.92 Å². The van der Waals surface area contributed by atoms with E-state index in [2.05, 4.69) is 0 Å². The van der Waals surface area contributed by atoms with E-state index in [1.54, 1.807) is 24.3 Å². The van der Waals surface area contributed by atoms with Crippen molar-refractivity contribution >= 4 is 18.0 Å². The molecule has 0 saturated carbocycles. The van der Waals surface area contributed by atoms with Crippen LogP contribution in [-0.4, -0.2) is 12.6 Å². The molecule has 0 radical (unpaired) electrons. The van der Waals surface area contributed by atoms with Crippen molar-refractivity contribution in [2.75, 3.05) is 6.61 Å². The zero-order valence-electron chi connectivity index (χ0n) is 13.3. The first-order valence-corrected chi connectivity index (χ1v) is 7.20. The fourth-order valence-electron chi connectivity index (χ4n) is 1.52. The Labute approximate surface area is 146 Å². The maximum absolute atomic E-state index is 11.9. The predicted octanol–water partition coefficient (Wildman–Crippen LogP) is 5.10. The van der Waals surface area contributed by atoms with E-state index in [1.807, 2.05) is 37.3 Å². The highest BCUT2D eigenvalue weighted by Crippen LogP contribution is 2.21. The number of ether oxygens (including phenoxy) is 1. The summed E-state index contributed by atoms with van der Waals surface area (Å²) in [5, 5.41) is 0. The standard InChI is InChI=1S/C16H16O3S.5FH/c1-2-12-18-14-10-8-13(9-11-14)16(17)19-20-15-6-4-3-5-7-15;;;;;/h3-11H,2,12H2,1H3;5*1H. The number of carbonyl (C=O) groups is 1. The van der Waals surface area contributed by atoms with E-state index in [9.17, 15) is 4.79 Å². The van der Waals surface area contributed by atoms with Crippen molar-refractivity contribution in [3.8, 4) is 5.75 Å². The molecule has 2 aromatic rings. The minimum Gasteiger partial charge on any atom is -0.494 e. The van der Waals surface area contributed by atoms with Crippen LogP contribution in [0, 0.1) is 0 Å². The Balaban J connectivity index is -0.000000441. The van der Waals surface area contributed by atoms with Crippen molar-refractivity contribution in [2.45, 2.75) is 18.2 Å². The molecule has 25 heavy (non-hydrogen) atoms. The van der Waals surface area contributed by atoms with E-state index in [1.165, 1.54) is 0 Å². The molecule has 2 aromatic carbocycles. The number of benzene rings is 2. The molecule has 2 rings (SSSR count). The van der Waals surface area contributed by atoms with Gasteiger partial charge in [0, 0.05) is 4.90 Å². The molecule has 0 aliphatic heterocycles. The minimum absolute atomic E-state index is 0. The van der Waals surface area contributed by atoms with Crippen LogP contribution in [0.2, 0.25) is 0 Å². The van der Waals surface area contributed by atoms with Crippen LogP contribution in [0.5, 0.6) is 5.75 Å². The molecule has 144 valence electrons. The molecule has 0 heterocycles. The Bertz CT molecular complexity index is 555. The van der Waals surface area contributed by atoms with Gasteiger partial charge in [0.15, 0.2) is 0 Å². The quantitative estimate of drug-likeness (QED) is 0.509. The summed E-state index contributed by atoms with van der Waals surface area (Å²) in [6.45, 7) is 2.72. The molecule has 0 fully saturated rings. The molecule has 0 atom stereocenters. The third kappa shape index (κ3) is 10.2. The SMILES string of the molecule is CCCOc1ccc(C(=O)OSc2ccccc2)cc1.F.F.F.F.F. The van der Waals surface area contributed by atoms with E-state index in [0.29, 0.717) is 12.2 Å². The molecule has 0 N–H and O–H groups in total. The Morgan fingerprint density at radius 2 is 1.44 bits per heavy atom. The molecule has 0 amide bonds. The van der Waals surface area contributed by atoms with Crippen LogP contribution in [0.4, 0.5) is 23.5 Å². The van der Waals surface area contributed by atoms with Crippen LogP contribution in [0.15, 0.2) is 59.5 Å². The topological polar surface area (TPSA) is 35.5 Å². The van der Waals surface area contributed by atoms with Gasteiger partial charge in [0.2, 0.25) is 0 Å². The first-order valence-electron chi connectivity index (χ1n) is 6.46. The predicted molar refractivity (Wildman–Crippen MR) is 92.5 cm³/mol. The Morgan fingerprint density at radius 3 is 1.96 bits per heavy atom. The van der Waals surface area contributed by atoms with Crippen LogP contribution < -0.4 is 4.74 Å². The highest BCUT2D eigenvalue weighted by Gasteiger charge is 2.08. The highest BCUT2D eigenvalue weighted by molar-refractivity contribution is 7.95. The zero-order valence-corrected chi connectivity index (χ0v) is 14.1. The van der Waals surface area contributed by atoms with Crippen molar-refractivity contribution < 1.29 is 37.2 Å². The Kier molecular flexibility index (Phi) is 20.3. The maximum atomic E-state index is 11.9. The molecular weight excluding hydrogens is 367 g/mol. The van der Waals surface area contributed by atoms with Gasteiger partial charge in [0.25, 0.3) is 0 Å². The smallest absolute Gasteiger partial charge is 0.350 e. The molecule has 0 aromatic heterocycles. The Morgan fingerprint density at radius 1 is 0.880 bits per heavy atom. The number of halogens is 5. The van der Waals surface area contributed by atoms with Gasteiger partial charge in [-0.1, -0.05) is 25.1 Å². The van der Waals surface area contributed by atoms with Crippen LogP contribution in [-0.2, 0) is 4.18 Å². The molecule has 0 bridgehead atoms. The Hall–Kier alpha value is -2.29. The second-order valence-corrected chi connectivity index (χ2v) is 4.94. The second kappa shape index (κ2) is 16.6. The van der Waals surface area contributed by atoms with Gasteiger partial charge in [-0.3, -0.25) is 23.5 Å². The minimum atomic E-state index is -0.360. The van der Waals surface area contributed by atoms with Crippen molar-refractivity contribution in [3.63, 3.8) is 0 Å². The molecular formula is C16H21F5O3S. The maximum Gasteiger partial charge on any atom is 0.350 e. The highest BCUT2D eigenvalue weighted by atomic mass is 32.2. The first kappa shape index (κ1) is 30.6. The van der Waals surface area contributed by atoms with Crippen molar-refractivity contribution in [2.24, 2.45) is 0 Å². The van der Waals surface area contributed by atoms with Crippen LogP contribution in [0.25, 0.3) is 0 Å². The van der Waals surface area contributed by atoms with Gasteiger partial charge >= 0.3 is 5.97 Å². The third-order valence-electron chi connectivity index (χ3n) is 2.52. The number of hydrogen-bond acceptors (Lipinski definition) is 4. The fourth-order valence-corrected chi connectivity index (χ4v) is 2.05. The van der Waals surface area contributed by atoms with Gasteiger partial charge in [-0.05, 0) is 42.8 Å². The van der Waals surface area contributed by atoms with E-state index >= 15 is 0 Å². The van der Waals surface area contributed by atoms with Crippen molar-refractivity contribution in [1.29, 1.82) is 0 Å². The summed E-state index contributed by atoms with van der Waals surface area (Å²) in [4.78, 5) is 12.8. The molecule has 0 unspecified atom stereocenters. The lowest BCUT2D eigenvalue weighted by Crippen LogP contribution is -2.00. The molecule has 0 aliphatic carbocycles. The normalized spacial score (nSPS) is 8.04. The van der Waals surface area contributed by atoms with E-state index < -0.39 is 0 Å². The fraction of sp³-hybridized carbons (Fsp3) is 0.188. The van der Waals surface area contributed by atoms with Gasteiger partial charge in [-0.2, -0.15) is 0 Å². The van der Waals surface area contributed by atoms with Crippen molar-refractivity contribution in [1.82, 2.24) is 0 Å². The summed E-state index contributed by atoms with van der Waals surface area (Å²) in [5.74, 6) is 0.403. The lowest BCUT2D eigenvalue weighted by molar-refractivity contribution is 0.0768. The number of hydrogen-bond donors (Lipinski definition) is 0. The summed E-state index contributed by atoms with van der Waals surface area (Å²) in [7, 11) is 0. The van der Waals surface area contributed by atoms with Gasteiger partial charge in [0.1, 0.15) is 5.75 Å². The molecule has 3 nitrogen and oxygen atoms in total. The largest absolute Gasteiger partial charge is 0.494 e. The van der Waals surface area contributed by atoms with E-state index in [-0.39, 0.29) is 29.5 Å². The van der Waals surface area contributed by atoms with Gasteiger partial charge in [-0.25, -0.2) is 4.79 Å². The van der Waals surface area contributed by atoms with Crippen molar-refractivity contribution in [3.05, 3.63) is 60.2 Å². The lowest BCUT2D eigenvalue weighted by atomic mass is 10.2. The van der Waals surface area contributed by atoms with Gasteiger partial charge in [0.05, 0.1) is 24.2 Å². The zero-order chi connectivity index (χ0) is 14.2. The van der Waals surface area contributed by atoms with Crippen LogP contribution >= 0.6 is 12.0 Å². The lowest BCUT2D eigenvalue weighted by Gasteiger charge is -2.05. The van der Waals surface area contributed by atoms with Gasteiger partial charge < -0.3 is 8.92 Å². The molecule has 9 heteroatoms. The second-order valence-electron chi connectivity index (χ2n) is 4.14. The third-order valence-corrected chi connectivity index (χ3v) is 3.22. The number of rotatable bonds is 6. The summed E-state index contributed by atoms with van der Waals surface area (Å²) < 4.78 is 10.6. The van der Waals surface area contributed by atoms with Crippen LogP contribution in [0.1, 0.15) is 23.7 Å². The average molecular weight is 388 g/mol. The monoisotopic (exact) mass is 388 g/mol. The summed E-state index contributed by atoms with van der Waals surface area (Å²) in [6.07, 6.45) is 0.956. The first-order chi connectivity index (χ1) is 9.79. The summed E-state index contributed by atoms with van der Waals surface area (Å²) in [6, 6.07) is 16.5.